The number of carbonyl (C=O) groups excluding carboxylic acids is 1. The first-order valence-electron chi connectivity index (χ1n) is 10.3. The molecule has 1 aliphatic heterocycles. The number of nitrogens with two attached hydrogens (primary N) is 1. The normalized spacial score (nSPS) is 15.7. The summed E-state index contributed by atoms with van der Waals surface area (Å²) >= 11 is 0. The summed E-state index contributed by atoms with van der Waals surface area (Å²) in [5.41, 5.74) is 9.52. The van der Waals surface area contributed by atoms with Gasteiger partial charge in [0.25, 0.3) is 0 Å². The molecule has 7 heteroatoms. The van der Waals surface area contributed by atoms with Gasteiger partial charge in [0.15, 0.2) is 0 Å². The number of anilines is 1. The predicted octanol–water partition coefficient (Wildman–Crippen LogP) is 3.65. The Morgan fingerprint density at radius 1 is 1.06 bits per heavy atom. The fourth-order valence-electron chi connectivity index (χ4n) is 4.03. The Bertz CT molecular complexity index is 1050. The van der Waals surface area contributed by atoms with E-state index in [1.165, 1.54) is 0 Å². The molecule has 7 nitrogen and oxygen atoms in total. The van der Waals surface area contributed by atoms with Crippen LogP contribution in [-0.4, -0.2) is 41.5 Å². The maximum atomic E-state index is 13.2. The Balaban J connectivity index is 1.61. The van der Waals surface area contributed by atoms with E-state index >= 15 is 0 Å². The number of nitrogens with zero attached hydrogens (tertiary/aromatic N) is 3. The van der Waals surface area contributed by atoms with Gasteiger partial charge in [-0.05, 0) is 48.2 Å². The topological polar surface area (TPSA) is 90.6 Å². The van der Waals surface area contributed by atoms with Crippen molar-refractivity contribution in [3.8, 4) is 22.6 Å². The highest BCUT2D eigenvalue weighted by molar-refractivity contribution is 5.80. The summed E-state index contributed by atoms with van der Waals surface area (Å²) in [4.78, 5) is 23.9. The zero-order valence-corrected chi connectivity index (χ0v) is 17.7. The Morgan fingerprint density at radius 2 is 1.71 bits per heavy atom. The molecule has 0 unspecified atom stereocenters. The van der Waals surface area contributed by atoms with Gasteiger partial charge in [-0.15, -0.1) is 0 Å². The van der Waals surface area contributed by atoms with E-state index in [9.17, 15) is 4.79 Å². The summed E-state index contributed by atoms with van der Waals surface area (Å²) in [6, 6.07) is 15.2. The van der Waals surface area contributed by atoms with E-state index in [0.29, 0.717) is 13.0 Å². The van der Waals surface area contributed by atoms with Gasteiger partial charge in [0, 0.05) is 18.3 Å². The van der Waals surface area contributed by atoms with Crippen LogP contribution in [0.15, 0.2) is 54.7 Å². The Morgan fingerprint density at radius 3 is 2.35 bits per heavy atom. The zero-order chi connectivity index (χ0) is 21.8. The lowest BCUT2D eigenvalue weighted by atomic mass is 9.99. The third-order valence-electron chi connectivity index (χ3n) is 5.64. The molecule has 1 aromatic heterocycles. The third-order valence-corrected chi connectivity index (χ3v) is 5.64. The van der Waals surface area contributed by atoms with Crippen LogP contribution in [0.4, 0.5) is 5.95 Å². The number of likely N-dealkylation sites (tertiary alicyclic amines) is 1. The number of carbonyl (C=O) groups is 1. The molecule has 0 aliphatic carbocycles. The number of hydrogen-bond acceptors (Lipinski definition) is 6. The van der Waals surface area contributed by atoms with Crippen molar-refractivity contribution in [3.63, 3.8) is 0 Å². The minimum Gasteiger partial charge on any atom is -0.497 e. The fourth-order valence-corrected chi connectivity index (χ4v) is 4.03. The molecule has 31 heavy (non-hydrogen) atoms. The second-order valence-electron chi connectivity index (χ2n) is 7.53. The van der Waals surface area contributed by atoms with Gasteiger partial charge in [0.2, 0.25) is 11.9 Å². The van der Waals surface area contributed by atoms with Crippen molar-refractivity contribution in [1.29, 1.82) is 0 Å². The highest BCUT2D eigenvalue weighted by Gasteiger charge is 2.33. The quantitative estimate of drug-likeness (QED) is 0.657. The van der Waals surface area contributed by atoms with E-state index in [1.807, 2.05) is 53.4 Å². The van der Waals surface area contributed by atoms with Crippen molar-refractivity contribution < 1.29 is 14.3 Å². The average Bonchev–Trinajstić information content (AvgIpc) is 3.30. The summed E-state index contributed by atoms with van der Waals surface area (Å²) in [6.45, 7) is 0.700. The highest BCUT2D eigenvalue weighted by atomic mass is 16.5. The number of benzene rings is 2. The van der Waals surface area contributed by atoms with Crippen LogP contribution in [0.3, 0.4) is 0 Å². The molecular formula is C24H26N4O3. The van der Waals surface area contributed by atoms with Gasteiger partial charge in [0.1, 0.15) is 11.5 Å². The van der Waals surface area contributed by atoms with Crippen molar-refractivity contribution in [2.45, 2.75) is 25.3 Å². The lowest BCUT2D eigenvalue weighted by Crippen LogP contribution is -2.32. The predicted molar refractivity (Wildman–Crippen MR) is 119 cm³/mol. The summed E-state index contributed by atoms with van der Waals surface area (Å²) in [7, 11) is 3.26. The number of rotatable bonds is 6. The van der Waals surface area contributed by atoms with Gasteiger partial charge in [-0.25, -0.2) is 9.97 Å². The minimum absolute atomic E-state index is 0.0746. The fraction of sp³-hybridized carbons (Fsp3) is 0.292. The summed E-state index contributed by atoms with van der Waals surface area (Å²) < 4.78 is 10.5. The van der Waals surface area contributed by atoms with Crippen molar-refractivity contribution in [2.24, 2.45) is 0 Å². The molecule has 1 amide bonds. The Kier molecular flexibility index (Phi) is 6.02. The number of aromatic nitrogens is 2. The molecule has 2 heterocycles. The molecule has 4 rings (SSSR count). The van der Waals surface area contributed by atoms with E-state index in [0.717, 1.165) is 46.7 Å². The molecule has 0 bridgehead atoms. The van der Waals surface area contributed by atoms with E-state index in [-0.39, 0.29) is 17.9 Å². The van der Waals surface area contributed by atoms with Crippen molar-refractivity contribution in [2.75, 3.05) is 26.5 Å². The van der Waals surface area contributed by atoms with E-state index in [2.05, 4.69) is 9.97 Å². The molecule has 0 spiro atoms. The van der Waals surface area contributed by atoms with E-state index in [4.69, 9.17) is 15.2 Å². The van der Waals surface area contributed by atoms with Crippen molar-refractivity contribution in [1.82, 2.24) is 14.9 Å². The number of methoxy groups -OCH3 is 2. The molecule has 0 saturated carbocycles. The molecule has 1 saturated heterocycles. The first-order valence-corrected chi connectivity index (χ1v) is 10.3. The zero-order valence-electron chi connectivity index (χ0n) is 17.7. The van der Waals surface area contributed by atoms with Gasteiger partial charge in [0.05, 0.1) is 32.4 Å². The lowest BCUT2D eigenvalue weighted by Gasteiger charge is -2.26. The monoisotopic (exact) mass is 418 g/mol. The molecular weight excluding hydrogens is 392 g/mol. The van der Waals surface area contributed by atoms with Crippen LogP contribution in [0.2, 0.25) is 0 Å². The van der Waals surface area contributed by atoms with E-state index in [1.54, 1.807) is 20.4 Å². The van der Waals surface area contributed by atoms with Gasteiger partial charge < -0.3 is 20.1 Å². The van der Waals surface area contributed by atoms with Crippen molar-refractivity contribution in [3.05, 3.63) is 66.0 Å². The van der Waals surface area contributed by atoms with E-state index < -0.39 is 0 Å². The number of nitrogen functional groups attached to an aromatic ring is 1. The van der Waals surface area contributed by atoms with Crippen LogP contribution in [0.5, 0.6) is 11.5 Å². The third kappa shape index (κ3) is 4.45. The maximum absolute atomic E-state index is 13.2. The number of ether oxygens (including phenoxy) is 2. The highest BCUT2D eigenvalue weighted by Crippen LogP contribution is 2.37. The van der Waals surface area contributed by atoms with Gasteiger partial charge in [-0.2, -0.15) is 0 Å². The van der Waals surface area contributed by atoms with Gasteiger partial charge in [-0.3, -0.25) is 4.79 Å². The maximum Gasteiger partial charge on any atom is 0.227 e. The van der Waals surface area contributed by atoms with Crippen molar-refractivity contribution >= 4 is 11.9 Å². The lowest BCUT2D eigenvalue weighted by molar-refractivity contribution is -0.131. The summed E-state index contributed by atoms with van der Waals surface area (Å²) in [6.07, 6.45) is 3.84. The molecule has 2 N–H and O–H groups in total. The van der Waals surface area contributed by atoms with Gasteiger partial charge >= 0.3 is 0 Å². The number of amides is 1. The SMILES string of the molecule is COc1ccc(CC(=O)N2CCC[C@@H]2c2nc(N)ncc2-c2ccc(OC)cc2)cc1. The molecule has 160 valence electrons. The smallest absolute Gasteiger partial charge is 0.227 e. The minimum atomic E-state index is -0.131. The summed E-state index contributed by atoms with van der Waals surface area (Å²) in [5, 5.41) is 0. The molecule has 0 radical (unpaired) electrons. The Hall–Kier alpha value is -3.61. The molecule has 1 fully saturated rings. The van der Waals surface area contributed by atoms with Crippen LogP contribution >= 0.6 is 0 Å². The molecule has 1 atom stereocenters. The molecule has 2 aromatic carbocycles. The van der Waals surface area contributed by atoms with Crippen LogP contribution in [-0.2, 0) is 11.2 Å². The van der Waals surface area contributed by atoms with Crippen LogP contribution in [0, 0.1) is 0 Å². The second kappa shape index (κ2) is 9.04. The first kappa shape index (κ1) is 20.7. The largest absolute Gasteiger partial charge is 0.497 e. The van der Waals surface area contributed by atoms with Crippen LogP contribution < -0.4 is 15.2 Å². The van der Waals surface area contributed by atoms with Crippen LogP contribution in [0.1, 0.15) is 30.1 Å². The van der Waals surface area contributed by atoms with Crippen LogP contribution in [0.25, 0.3) is 11.1 Å². The molecule has 3 aromatic rings. The van der Waals surface area contributed by atoms with Gasteiger partial charge in [-0.1, -0.05) is 24.3 Å². The average molecular weight is 418 g/mol. The summed E-state index contributed by atoms with van der Waals surface area (Å²) in [5.74, 6) is 1.84. The first-order chi connectivity index (χ1) is 15.1. The second-order valence-corrected chi connectivity index (χ2v) is 7.53. The Labute approximate surface area is 181 Å². The number of hydrogen-bond donors (Lipinski definition) is 1. The standard InChI is InChI=1S/C24H26N4O3/c1-30-18-9-5-16(6-10-18)14-22(29)28-13-3-4-21(28)23-20(15-26-24(25)27-23)17-7-11-19(31-2)12-8-17/h5-12,15,21H,3-4,13-14H2,1-2H3,(H2,25,26,27)/t21-/m1/s1. The molecule has 1 aliphatic rings.